The van der Waals surface area contributed by atoms with Crippen molar-refractivity contribution in [3.63, 3.8) is 0 Å². The van der Waals surface area contributed by atoms with E-state index in [-0.39, 0.29) is 18.2 Å². The molecule has 1 heterocycles. The molecule has 1 N–H and O–H groups in total. The molecule has 0 unspecified atom stereocenters. The van der Waals surface area contributed by atoms with E-state index < -0.39 is 0 Å². The predicted octanol–water partition coefficient (Wildman–Crippen LogP) is 4.69. The molecule has 0 atom stereocenters. The van der Waals surface area contributed by atoms with Crippen molar-refractivity contribution in [2.75, 3.05) is 11.9 Å². The van der Waals surface area contributed by atoms with Crippen LogP contribution in [0.25, 0.3) is 0 Å². The number of carbonyl (C=O) groups excluding carboxylic acids is 2. The number of aromatic nitrogens is 1. The molecule has 0 bridgehead atoms. The molecule has 3 aromatic rings. The SMILES string of the molecule is CCCN(Cc1ccc(C)cc1)C(=O)Cc1csc(NC(=O)c2ccccc2)n1. The molecule has 0 aliphatic carbocycles. The summed E-state index contributed by atoms with van der Waals surface area (Å²) in [4.78, 5) is 31.4. The van der Waals surface area contributed by atoms with Gasteiger partial charge >= 0.3 is 0 Å². The van der Waals surface area contributed by atoms with Crippen LogP contribution in [0.1, 0.15) is 40.5 Å². The Morgan fingerprint density at radius 3 is 2.48 bits per heavy atom. The summed E-state index contributed by atoms with van der Waals surface area (Å²) in [6.45, 7) is 5.41. The fourth-order valence-corrected chi connectivity index (χ4v) is 3.65. The number of hydrogen-bond acceptors (Lipinski definition) is 4. The maximum absolute atomic E-state index is 12.8. The summed E-state index contributed by atoms with van der Waals surface area (Å²) < 4.78 is 0. The molecule has 0 aliphatic rings. The molecular weight excluding hydrogens is 382 g/mol. The van der Waals surface area contributed by atoms with Crippen molar-refractivity contribution in [2.45, 2.75) is 33.2 Å². The summed E-state index contributed by atoms with van der Waals surface area (Å²) in [6.07, 6.45) is 1.12. The molecule has 3 rings (SSSR count). The number of hydrogen-bond donors (Lipinski definition) is 1. The fourth-order valence-electron chi connectivity index (χ4n) is 2.95. The average molecular weight is 408 g/mol. The fraction of sp³-hybridized carbons (Fsp3) is 0.261. The van der Waals surface area contributed by atoms with Gasteiger partial charge in [-0.15, -0.1) is 11.3 Å². The van der Waals surface area contributed by atoms with Gasteiger partial charge < -0.3 is 4.90 Å². The first-order valence-electron chi connectivity index (χ1n) is 9.69. The minimum atomic E-state index is -0.204. The number of anilines is 1. The van der Waals surface area contributed by atoms with Crippen molar-refractivity contribution >= 4 is 28.3 Å². The Morgan fingerprint density at radius 1 is 1.07 bits per heavy atom. The Hall–Kier alpha value is -2.99. The van der Waals surface area contributed by atoms with Crippen LogP contribution in [0.4, 0.5) is 5.13 Å². The number of aryl methyl sites for hydroxylation is 1. The molecule has 0 saturated carbocycles. The minimum Gasteiger partial charge on any atom is -0.338 e. The van der Waals surface area contributed by atoms with Crippen LogP contribution in [0.15, 0.2) is 60.0 Å². The summed E-state index contributed by atoms with van der Waals surface area (Å²) in [5.41, 5.74) is 3.57. The highest BCUT2D eigenvalue weighted by Gasteiger charge is 2.16. The van der Waals surface area contributed by atoms with E-state index in [0.29, 0.717) is 29.5 Å². The highest BCUT2D eigenvalue weighted by Crippen LogP contribution is 2.18. The first-order chi connectivity index (χ1) is 14.0. The molecule has 0 fully saturated rings. The van der Waals surface area contributed by atoms with Gasteiger partial charge in [-0.1, -0.05) is 55.0 Å². The standard InChI is InChI=1S/C23H25N3O2S/c1-3-13-26(15-18-11-9-17(2)10-12-18)21(27)14-20-16-29-23(24-20)25-22(28)19-7-5-4-6-8-19/h4-12,16H,3,13-15H2,1-2H3,(H,24,25,28). The van der Waals surface area contributed by atoms with E-state index in [1.165, 1.54) is 16.9 Å². The van der Waals surface area contributed by atoms with Crippen molar-refractivity contribution < 1.29 is 9.59 Å². The molecule has 29 heavy (non-hydrogen) atoms. The van der Waals surface area contributed by atoms with E-state index in [4.69, 9.17) is 0 Å². The molecule has 0 spiro atoms. The second-order valence-electron chi connectivity index (χ2n) is 6.94. The third-order valence-corrected chi connectivity index (χ3v) is 5.29. The van der Waals surface area contributed by atoms with Crippen molar-refractivity contribution in [1.82, 2.24) is 9.88 Å². The largest absolute Gasteiger partial charge is 0.338 e. The zero-order valence-corrected chi connectivity index (χ0v) is 17.5. The summed E-state index contributed by atoms with van der Waals surface area (Å²) in [5, 5.41) is 5.12. The van der Waals surface area contributed by atoms with Gasteiger partial charge in [-0.2, -0.15) is 0 Å². The zero-order valence-electron chi connectivity index (χ0n) is 16.7. The van der Waals surface area contributed by atoms with E-state index in [0.717, 1.165) is 12.0 Å². The maximum atomic E-state index is 12.8. The molecule has 150 valence electrons. The number of thiazole rings is 1. The Balaban J connectivity index is 1.61. The van der Waals surface area contributed by atoms with E-state index in [1.807, 2.05) is 28.5 Å². The normalized spacial score (nSPS) is 10.6. The first-order valence-corrected chi connectivity index (χ1v) is 10.6. The van der Waals surface area contributed by atoms with Crippen LogP contribution in [-0.4, -0.2) is 28.2 Å². The summed E-state index contributed by atoms with van der Waals surface area (Å²) >= 11 is 1.33. The van der Waals surface area contributed by atoms with Crippen molar-refractivity contribution in [3.05, 3.63) is 82.4 Å². The Morgan fingerprint density at radius 2 is 1.79 bits per heavy atom. The molecule has 2 aromatic carbocycles. The average Bonchev–Trinajstić information content (AvgIpc) is 3.16. The Labute approximate surface area is 175 Å². The zero-order chi connectivity index (χ0) is 20.6. The third-order valence-electron chi connectivity index (χ3n) is 4.48. The number of carbonyl (C=O) groups is 2. The Bertz CT molecular complexity index is 952. The van der Waals surface area contributed by atoms with Gasteiger partial charge in [0, 0.05) is 24.0 Å². The third kappa shape index (κ3) is 5.99. The second-order valence-corrected chi connectivity index (χ2v) is 7.80. The van der Waals surface area contributed by atoms with Crippen LogP contribution >= 0.6 is 11.3 Å². The number of benzene rings is 2. The van der Waals surface area contributed by atoms with Gasteiger partial charge in [-0.05, 0) is 31.0 Å². The topological polar surface area (TPSA) is 62.3 Å². The summed E-state index contributed by atoms with van der Waals surface area (Å²) in [7, 11) is 0. The Kier molecular flexibility index (Phi) is 7.14. The van der Waals surface area contributed by atoms with Crippen LogP contribution < -0.4 is 5.32 Å². The molecule has 1 aromatic heterocycles. The maximum Gasteiger partial charge on any atom is 0.257 e. The number of nitrogens with zero attached hydrogens (tertiary/aromatic N) is 2. The summed E-state index contributed by atoms with van der Waals surface area (Å²) in [6, 6.07) is 17.2. The lowest BCUT2D eigenvalue weighted by atomic mass is 10.1. The van der Waals surface area contributed by atoms with Gasteiger partial charge in [0.25, 0.3) is 5.91 Å². The highest BCUT2D eigenvalue weighted by molar-refractivity contribution is 7.14. The molecule has 5 nitrogen and oxygen atoms in total. The van der Waals surface area contributed by atoms with Gasteiger partial charge in [-0.3, -0.25) is 14.9 Å². The smallest absolute Gasteiger partial charge is 0.257 e. The van der Waals surface area contributed by atoms with Gasteiger partial charge in [0.05, 0.1) is 12.1 Å². The first kappa shape index (κ1) is 20.7. The van der Waals surface area contributed by atoms with Crippen LogP contribution in [0.2, 0.25) is 0 Å². The second kappa shape index (κ2) is 9.98. The monoisotopic (exact) mass is 407 g/mol. The number of rotatable bonds is 8. The van der Waals surface area contributed by atoms with Crippen molar-refractivity contribution in [3.8, 4) is 0 Å². The molecule has 0 radical (unpaired) electrons. The molecule has 6 heteroatoms. The van der Waals surface area contributed by atoms with Crippen molar-refractivity contribution in [2.24, 2.45) is 0 Å². The summed E-state index contributed by atoms with van der Waals surface area (Å²) in [5.74, 6) is -0.163. The lowest BCUT2D eigenvalue weighted by Gasteiger charge is -2.22. The number of nitrogens with one attached hydrogen (secondary N) is 1. The highest BCUT2D eigenvalue weighted by atomic mass is 32.1. The lowest BCUT2D eigenvalue weighted by Crippen LogP contribution is -2.32. The van der Waals surface area contributed by atoms with E-state index in [1.54, 1.807) is 12.1 Å². The molecule has 2 amide bonds. The van der Waals surface area contributed by atoms with Crippen LogP contribution in [0.5, 0.6) is 0 Å². The lowest BCUT2D eigenvalue weighted by molar-refractivity contribution is -0.131. The predicted molar refractivity (Wildman–Crippen MR) is 117 cm³/mol. The van der Waals surface area contributed by atoms with Crippen LogP contribution in [0.3, 0.4) is 0 Å². The van der Waals surface area contributed by atoms with Crippen LogP contribution in [0, 0.1) is 6.92 Å². The number of amides is 2. The molecule has 0 aliphatic heterocycles. The quantitative estimate of drug-likeness (QED) is 0.589. The van der Waals surface area contributed by atoms with Gasteiger partial charge in [-0.25, -0.2) is 4.98 Å². The minimum absolute atomic E-state index is 0.0404. The van der Waals surface area contributed by atoms with Crippen LogP contribution in [-0.2, 0) is 17.8 Å². The molecular formula is C23H25N3O2S. The van der Waals surface area contributed by atoms with Gasteiger partial charge in [0.15, 0.2) is 5.13 Å². The van der Waals surface area contributed by atoms with E-state index in [9.17, 15) is 9.59 Å². The molecule has 0 saturated heterocycles. The van der Waals surface area contributed by atoms with Crippen molar-refractivity contribution in [1.29, 1.82) is 0 Å². The van der Waals surface area contributed by atoms with E-state index >= 15 is 0 Å². The van der Waals surface area contributed by atoms with Gasteiger partial charge in [0.2, 0.25) is 5.91 Å². The van der Waals surface area contributed by atoms with Gasteiger partial charge in [0.1, 0.15) is 0 Å². The van der Waals surface area contributed by atoms with E-state index in [2.05, 4.69) is 48.4 Å².